The van der Waals surface area contributed by atoms with E-state index in [0.29, 0.717) is 6.42 Å². The predicted molar refractivity (Wildman–Crippen MR) is 93.9 cm³/mol. The number of carbonyl (C=O) groups excluding carboxylic acids is 1. The van der Waals surface area contributed by atoms with Crippen LogP contribution >= 0.6 is 0 Å². The second kappa shape index (κ2) is 8.42. The molecule has 5 nitrogen and oxygen atoms in total. The Balaban J connectivity index is 2.19. The molecule has 0 unspecified atom stereocenters. The monoisotopic (exact) mass is 344 g/mol. The van der Waals surface area contributed by atoms with Crippen LogP contribution in [0.25, 0.3) is 0 Å². The van der Waals surface area contributed by atoms with Crippen molar-refractivity contribution in [3.05, 3.63) is 77.7 Å². The minimum absolute atomic E-state index is 0.148. The number of rotatable bonds is 7. The van der Waals surface area contributed by atoms with Crippen LogP contribution in [0.3, 0.4) is 0 Å². The lowest BCUT2D eigenvalue weighted by Gasteiger charge is -2.15. The molecule has 0 radical (unpaired) electrons. The summed E-state index contributed by atoms with van der Waals surface area (Å²) >= 11 is 0. The molecule has 3 N–H and O–H groups in total. The average Bonchev–Trinajstić information content (AvgIpc) is 2.61. The largest absolute Gasteiger partial charge is 0.348 e. The molecule has 2 aromatic carbocycles. The van der Waals surface area contributed by atoms with Crippen molar-refractivity contribution in [3.8, 4) is 0 Å². The van der Waals surface area contributed by atoms with Crippen molar-refractivity contribution in [1.82, 2.24) is 5.32 Å². The lowest BCUT2D eigenvalue weighted by molar-refractivity contribution is -0.120. The van der Waals surface area contributed by atoms with E-state index in [1.165, 1.54) is 18.2 Å². The first-order valence-electron chi connectivity index (χ1n) is 7.53. The molecule has 1 amide bonds. The summed E-state index contributed by atoms with van der Waals surface area (Å²) in [5.74, 6) is -0.335. The normalized spacial score (nSPS) is 12.9. The number of hydrogen-bond donors (Lipinski definition) is 2. The van der Waals surface area contributed by atoms with E-state index in [1.807, 2.05) is 30.3 Å². The Morgan fingerprint density at radius 1 is 1.04 bits per heavy atom. The highest BCUT2D eigenvalue weighted by Gasteiger charge is 2.13. The zero-order valence-corrected chi connectivity index (χ0v) is 13.9. The van der Waals surface area contributed by atoms with E-state index in [4.69, 9.17) is 5.73 Å². The number of benzene rings is 2. The van der Waals surface area contributed by atoms with Gasteiger partial charge in [-0.2, -0.15) is 0 Å². The van der Waals surface area contributed by atoms with Crippen molar-refractivity contribution in [2.75, 3.05) is 6.54 Å². The molecule has 1 atom stereocenters. The van der Waals surface area contributed by atoms with Crippen molar-refractivity contribution in [1.29, 1.82) is 0 Å². The summed E-state index contributed by atoms with van der Waals surface area (Å²) in [6.45, 7) is -0.148. The molecule has 0 aromatic heterocycles. The van der Waals surface area contributed by atoms with Crippen molar-refractivity contribution in [3.63, 3.8) is 0 Å². The van der Waals surface area contributed by atoms with E-state index in [1.54, 1.807) is 18.2 Å². The van der Waals surface area contributed by atoms with E-state index >= 15 is 0 Å². The van der Waals surface area contributed by atoms with Gasteiger partial charge < -0.3 is 11.1 Å². The molecule has 0 aliphatic carbocycles. The van der Waals surface area contributed by atoms with Crippen LogP contribution in [0.4, 0.5) is 0 Å². The lowest BCUT2D eigenvalue weighted by atomic mass is 10.1. The van der Waals surface area contributed by atoms with Gasteiger partial charge in [0.05, 0.1) is 17.5 Å². The van der Waals surface area contributed by atoms with E-state index in [-0.39, 0.29) is 17.3 Å². The Hall–Kier alpha value is -2.44. The summed E-state index contributed by atoms with van der Waals surface area (Å²) < 4.78 is 24.6. The first-order chi connectivity index (χ1) is 11.5. The SMILES string of the molecule is NCC(=O)N[C@H](C=CS(=O)(=O)c1ccccc1)Cc1ccccc1. The number of nitrogens with one attached hydrogen (secondary N) is 1. The van der Waals surface area contributed by atoms with Gasteiger partial charge in [-0.3, -0.25) is 4.79 Å². The van der Waals surface area contributed by atoms with Gasteiger partial charge in [0.25, 0.3) is 0 Å². The molecule has 0 spiro atoms. The van der Waals surface area contributed by atoms with Crippen molar-refractivity contribution in [2.24, 2.45) is 5.73 Å². The van der Waals surface area contributed by atoms with Crippen molar-refractivity contribution >= 4 is 15.7 Å². The van der Waals surface area contributed by atoms with Gasteiger partial charge in [-0.25, -0.2) is 8.42 Å². The smallest absolute Gasteiger partial charge is 0.234 e. The minimum Gasteiger partial charge on any atom is -0.348 e. The van der Waals surface area contributed by atoms with E-state index in [9.17, 15) is 13.2 Å². The molecule has 0 saturated carbocycles. The summed E-state index contributed by atoms with van der Waals surface area (Å²) in [7, 11) is -3.55. The van der Waals surface area contributed by atoms with E-state index in [0.717, 1.165) is 11.0 Å². The van der Waals surface area contributed by atoms with Crippen LogP contribution in [-0.4, -0.2) is 26.9 Å². The Kier molecular flexibility index (Phi) is 6.28. The van der Waals surface area contributed by atoms with Crippen LogP contribution in [0.5, 0.6) is 0 Å². The molecule has 0 saturated heterocycles. The van der Waals surface area contributed by atoms with Crippen LogP contribution in [0.1, 0.15) is 5.56 Å². The molecular weight excluding hydrogens is 324 g/mol. The number of hydrogen-bond acceptors (Lipinski definition) is 4. The first-order valence-corrected chi connectivity index (χ1v) is 9.07. The highest BCUT2D eigenvalue weighted by atomic mass is 32.2. The molecule has 0 bridgehead atoms. The highest BCUT2D eigenvalue weighted by molar-refractivity contribution is 7.94. The molecule has 0 aliphatic rings. The number of sulfone groups is 1. The van der Waals surface area contributed by atoms with Gasteiger partial charge in [0.1, 0.15) is 0 Å². The van der Waals surface area contributed by atoms with Gasteiger partial charge in [-0.1, -0.05) is 54.6 Å². The molecule has 6 heteroatoms. The molecule has 0 fully saturated rings. The van der Waals surface area contributed by atoms with Gasteiger partial charge in [-0.05, 0) is 24.1 Å². The topological polar surface area (TPSA) is 89.3 Å². The predicted octanol–water partition coefficient (Wildman–Crippen LogP) is 1.66. The maximum atomic E-state index is 12.3. The van der Waals surface area contributed by atoms with Gasteiger partial charge >= 0.3 is 0 Å². The molecule has 0 heterocycles. The second-order valence-electron chi connectivity index (χ2n) is 5.25. The quantitative estimate of drug-likeness (QED) is 0.799. The lowest BCUT2D eigenvalue weighted by Crippen LogP contribution is -2.39. The van der Waals surface area contributed by atoms with Gasteiger partial charge in [0.15, 0.2) is 9.84 Å². The standard InChI is InChI=1S/C18H20N2O3S/c19-14-18(21)20-16(13-15-7-3-1-4-8-15)11-12-24(22,23)17-9-5-2-6-10-17/h1-12,16H,13-14,19H2,(H,20,21)/t16-/m1/s1. The van der Waals surface area contributed by atoms with Gasteiger partial charge in [0.2, 0.25) is 5.91 Å². The number of amides is 1. The van der Waals surface area contributed by atoms with E-state index < -0.39 is 15.9 Å². The Morgan fingerprint density at radius 2 is 1.62 bits per heavy atom. The molecule has 24 heavy (non-hydrogen) atoms. The third-order valence-corrected chi connectivity index (χ3v) is 4.84. The van der Waals surface area contributed by atoms with Crippen LogP contribution in [-0.2, 0) is 21.1 Å². The summed E-state index contributed by atoms with van der Waals surface area (Å²) in [5, 5.41) is 3.86. The van der Waals surface area contributed by atoms with Crippen LogP contribution in [0.2, 0.25) is 0 Å². The Labute approximate surface area is 142 Å². The third-order valence-electron chi connectivity index (χ3n) is 3.39. The maximum absolute atomic E-state index is 12.3. The second-order valence-corrected chi connectivity index (χ2v) is 7.09. The Bertz CT molecular complexity index is 788. The number of carbonyl (C=O) groups is 1. The summed E-state index contributed by atoms with van der Waals surface area (Å²) in [6, 6.07) is 17.2. The Morgan fingerprint density at radius 3 is 2.21 bits per heavy atom. The van der Waals surface area contributed by atoms with Crippen LogP contribution in [0, 0.1) is 0 Å². The highest BCUT2D eigenvalue weighted by Crippen LogP contribution is 2.12. The van der Waals surface area contributed by atoms with Gasteiger partial charge in [-0.15, -0.1) is 0 Å². The zero-order valence-electron chi connectivity index (χ0n) is 13.1. The van der Waals surface area contributed by atoms with Crippen LogP contribution in [0.15, 0.2) is 77.0 Å². The van der Waals surface area contributed by atoms with Crippen molar-refractivity contribution in [2.45, 2.75) is 17.4 Å². The first kappa shape index (κ1) is 17.9. The van der Waals surface area contributed by atoms with Crippen molar-refractivity contribution < 1.29 is 13.2 Å². The summed E-state index contributed by atoms with van der Waals surface area (Å²) in [5.41, 5.74) is 6.32. The van der Waals surface area contributed by atoms with Crippen LogP contribution < -0.4 is 11.1 Å². The summed E-state index contributed by atoms with van der Waals surface area (Å²) in [6.07, 6.45) is 1.97. The average molecular weight is 344 g/mol. The molecule has 0 aliphatic heterocycles. The summed E-state index contributed by atoms with van der Waals surface area (Å²) in [4.78, 5) is 11.8. The third kappa shape index (κ3) is 5.33. The molecule has 2 aromatic rings. The molecule has 2 rings (SSSR count). The molecule has 126 valence electrons. The minimum atomic E-state index is -3.55. The van der Waals surface area contributed by atoms with E-state index in [2.05, 4.69) is 5.32 Å². The maximum Gasteiger partial charge on any atom is 0.234 e. The fraction of sp³-hybridized carbons (Fsp3) is 0.167. The zero-order chi connectivity index (χ0) is 17.4. The van der Waals surface area contributed by atoms with Gasteiger partial charge in [0, 0.05) is 5.41 Å². The fourth-order valence-electron chi connectivity index (χ4n) is 2.19. The molecular formula is C18H20N2O3S. The number of nitrogens with two attached hydrogens (primary N) is 1. The fourth-order valence-corrected chi connectivity index (χ4v) is 3.28.